The van der Waals surface area contributed by atoms with Gasteiger partial charge in [-0.2, -0.15) is 0 Å². The van der Waals surface area contributed by atoms with Crippen molar-refractivity contribution in [2.45, 2.75) is 25.3 Å². The fourth-order valence-electron chi connectivity index (χ4n) is 4.77. The first-order valence-electron chi connectivity index (χ1n) is 12.3. The number of anilines is 1. The molecule has 37 heavy (non-hydrogen) atoms. The van der Waals surface area contributed by atoms with E-state index in [0.717, 1.165) is 19.3 Å². The average Bonchev–Trinajstić information content (AvgIpc) is 3.15. The molecule has 1 saturated heterocycles. The first-order chi connectivity index (χ1) is 18.0. The van der Waals surface area contributed by atoms with E-state index in [2.05, 4.69) is 16.9 Å². The van der Waals surface area contributed by atoms with Crippen molar-refractivity contribution < 1.29 is 23.8 Å². The lowest BCUT2D eigenvalue weighted by atomic mass is 10.1. The summed E-state index contributed by atoms with van der Waals surface area (Å²) in [6.45, 7) is 6.22. The van der Waals surface area contributed by atoms with Gasteiger partial charge in [-0.05, 0) is 43.5 Å². The molecule has 0 saturated carbocycles. The number of carbonyl (C=O) groups is 2. The summed E-state index contributed by atoms with van der Waals surface area (Å²) >= 11 is 0. The van der Waals surface area contributed by atoms with E-state index in [0.29, 0.717) is 68.0 Å². The molecule has 3 aromatic rings. The van der Waals surface area contributed by atoms with Gasteiger partial charge in [-0.3, -0.25) is 19.7 Å². The number of imidazole rings is 1. The molecule has 5 rings (SSSR count). The Morgan fingerprint density at radius 3 is 2.78 bits per heavy atom. The number of nitrogens with one attached hydrogen (secondary N) is 2. The number of aromatic amines is 1. The summed E-state index contributed by atoms with van der Waals surface area (Å²) in [5.74, 6) is 0.748. The molecular formula is C26H29N5O6. The number of aromatic nitrogens is 3. The predicted octanol–water partition coefficient (Wildman–Crippen LogP) is 2.50. The quantitative estimate of drug-likeness (QED) is 0.520. The zero-order valence-corrected chi connectivity index (χ0v) is 20.4. The highest BCUT2D eigenvalue weighted by Gasteiger charge is 2.29. The number of ether oxygens (including phenoxy) is 3. The summed E-state index contributed by atoms with van der Waals surface area (Å²) in [4.78, 5) is 46.5. The molecule has 11 heteroatoms. The van der Waals surface area contributed by atoms with Crippen LogP contribution in [0.25, 0.3) is 11.0 Å². The van der Waals surface area contributed by atoms with Crippen molar-refractivity contribution in [2.24, 2.45) is 0 Å². The largest absolute Gasteiger partial charge is 0.487 e. The molecule has 0 aliphatic carbocycles. The van der Waals surface area contributed by atoms with Crippen LogP contribution in [0.1, 0.15) is 35.7 Å². The molecule has 1 fully saturated rings. The van der Waals surface area contributed by atoms with Gasteiger partial charge in [0.2, 0.25) is 17.4 Å². The van der Waals surface area contributed by atoms with Crippen molar-refractivity contribution in [3.63, 3.8) is 0 Å². The second-order valence-electron chi connectivity index (χ2n) is 8.91. The molecule has 1 aromatic carbocycles. The van der Waals surface area contributed by atoms with Crippen molar-refractivity contribution in [3.8, 4) is 11.5 Å². The normalized spacial score (nSPS) is 18.3. The van der Waals surface area contributed by atoms with Crippen molar-refractivity contribution in [3.05, 3.63) is 59.0 Å². The van der Waals surface area contributed by atoms with Crippen molar-refractivity contribution >= 4 is 28.8 Å². The van der Waals surface area contributed by atoms with Crippen LogP contribution in [0.2, 0.25) is 0 Å². The molecule has 1 atom stereocenters. The number of pyridine rings is 1. The Kier molecular flexibility index (Phi) is 7.22. The van der Waals surface area contributed by atoms with Crippen molar-refractivity contribution in [2.75, 3.05) is 44.8 Å². The highest BCUT2D eigenvalue weighted by Crippen LogP contribution is 2.41. The van der Waals surface area contributed by atoms with Crippen LogP contribution >= 0.6 is 0 Å². The van der Waals surface area contributed by atoms with Gasteiger partial charge in [-0.1, -0.05) is 6.58 Å². The number of likely N-dealkylation sites (tertiary alicyclic amines) is 1. The summed E-state index contributed by atoms with van der Waals surface area (Å²) in [7, 11) is 0. The molecule has 2 aliphatic heterocycles. The van der Waals surface area contributed by atoms with Gasteiger partial charge in [0.15, 0.2) is 11.5 Å². The third-order valence-corrected chi connectivity index (χ3v) is 6.49. The molecule has 0 spiro atoms. The van der Waals surface area contributed by atoms with E-state index in [4.69, 9.17) is 19.2 Å². The van der Waals surface area contributed by atoms with Crippen LogP contribution in [0.15, 0.2) is 47.9 Å². The molecule has 4 heterocycles. The van der Waals surface area contributed by atoms with Crippen LogP contribution in [-0.4, -0.2) is 70.8 Å². The fraction of sp³-hybridized carbons (Fsp3) is 0.385. The Bertz CT molecular complexity index is 1380. The van der Waals surface area contributed by atoms with Gasteiger partial charge in [0.1, 0.15) is 18.7 Å². The third kappa shape index (κ3) is 5.21. The Labute approximate surface area is 213 Å². The molecular weight excluding hydrogens is 478 g/mol. The van der Waals surface area contributed by atoms with Gasteiger partial charge in [0, 0.05) is 30.9 Å². The Morgan fingerprint density at radius 2 is 1.97 bits per heavy atom. The topological polar surface area (TPSA) is 128 Å². The summed E-state index contributed by atoms with van der Waals surface area (Å²) in [5, 5.41) is 2.88. The van der Waals surface area contributed by atoms with Crippen LogP contribution < -0.4 is 20.3 Å². The van der Waals surface area contributed by atoms with E-state index in [1.54, 1.807) is 11.0 Å². The van der Waals surface area contributed by atoms with Crippen LogP contribution in [0, 0.1) is 0 Å². The lowest BCUT2D eigenvalue weighted by molar-refractivity contribution is -0.126. The lowest BCUT2D eigenvalue weighted by Gasteiger charge is -2.26. The number of hydrogen-bond donors (Lipinski definition) is 2. The standard InChI is InChI=1S/C26H29N5O6/c1-2-22(33)30-10-4-3-5-18(16-30)31-23-19(6-7-20-24(23)37-14-12-35-11-13-36-20)28-26(31)29-25(34)17-8-9-27-21(32)15-17/h2,6-9,15,18H,1,3-5,10-14,16H2,(H,27,32)(H,28,29,34). The maximum absolute atomic E-state index is 13.1. The number of H-pyrrole nitrogens is 1. The number of benzene rings is 1. The number of fused-ring (bicyclic) bond motifs is 3. The van der Waals surface area contributed by atoms with E-state index in [-0.39, 0.29) is 23.1 Å². The SMILES string of the molecule is C=CC(=O)N1CCCCC(n2c(NC(=O)c3cc[nH]c(=O)c3)nc3ccc4c(c32)OCCOCCO4)C1. The van der Waals surface area contributed by atoms with Gasteiger partial charge in [0.25, 0.3) is 5.91 Å². The van der Waals surface area contributed by atoms with Gasteiger partial charge >= 0.3 is 0 Å². The number of hydrogen-bond acceptors (Lipinski definition) is 7. The monoisotopic (exact) mass is 507 g/mol. The zero-order valence-electron chi connectivity index (χ0n) is 20.4. The predicted molar refractivity (Wildman–Crippen MR) is 136 cm³/mol. The first kappa shape index (κ1) is 24.6. The van der Waals surface area contributed by atoms with Gasteiger partial charge in [-0.15, -0.1) is 0 Å². The fourth-order valence-corrected chi connectivity index (χ4v) is 4.77. The summed E-state index contributed by atoms with van der Waals surface area (Å²) in [5.41, 5.74) is 1.09. The van der Waals surface area contributed by atoms with Crippen LogP contribution in [0.4, 0.5) is 5.95 Å². The maximum Gasteiger partial charge on any atom is 0.258 e. The minimum atomic E-state index is -0.472. The summed E-state index contributed by atoms with van der Waals surface area (Å²) < 4.78 is 19.5. The molecule has 0 radical (unpaired) electrons. The summed E-state index contributed by atoms with van der Waals surface area (Å²) in [6.07, 6.45) is 5.23. The Morgan fingerprint density at radius 1 is 1.14 bits per heavy atom. The minimum absolute atomic E-state index is 0.144. The molecule has 2 N–H and O–H groups in total. The van der Waals surface area contributed by atoms with Crippen molar-refractivity contribution in [1.29, 1.82) is 0 Å². The molecule has 2 amide bonds. The maximum atomic E-state index is 13.1. The van der Waals surface area contributed by atoms with Crippen LogP contribution in [-0.2, 0) is 9.53 Å². The van der Waals surface area contributed by atoms with Gasteiger partial charge in [0.05, 0.1) is 24.8 Å². The smallest absolute Gasteiger partial charge is 0.258 e. The number of nitrogens with zero attached hydrogens (tertiary/aromatic N) is 3. The molecule has 2 aromatic heterocycles. The average molecular weight is 508 g/mol. The minimum Gasteiger partial charge on any atom is -0.487 e. The van der Waals surface area contributed by atoms with E-state index in [1.807, 2.05) is 10.6 Å². The molecule has 2 aliphatic rings. The molecule has 11 nitrogen and oxygen atoms in total. The molecule has 1 unspecified atom stereocenters. The second-order valence-corrected chi connectivity index (χ2v) is 8.91. The van der Waals surface area contributed by atoms with E-state index < -0.39 is 5.91 Å². The van der Waals surface area contributed by atoms with E-state index in [1.165, 1.54) is 24.4 Å². The Balaban J connectivity index is 1.64. The molecule has 194 valence electrons. The van der Waals surface area contributed by atoms with E-state index in [9.17, 15) is 14.4 Å². The molecule has 0 bridgehead atoms. The van der Waals surface area contributed by atoms with Crippen molar-refractivity contribution in [1.82, 2.24) is 19.4 Å². The van der Waals surface area contributed by atoms with Crippen LogP contribution in [0.3, 0.4) is 0 Å². The number of rotatable bonds is 4. The zero-order chi connectivity index (χ0) is 25.8. The highest BCUT2D eigenvalue weighted by atomic mass is 16.6. The summed E-state index contributed by atoms with van der Waals surface area (Å²) in [6, 6.07) is 6.16. The first-order valence-corrected chi connectivity index (χ1v) is 12.3. The number of carbonyl (C=O) groups excluding carboxylic acids is 2. The number of amides is 2. The van der Waals surface area contributed by atoms with E-state index >= 15 is 0 Å². The van der Waals surface area contributed by atoms with Gasteiger partial charge in [-0.25, -0.2) is 4.98 Å². The Hall–Kier alpha value is -4.12. The highest BCUT2D eigenvalue weighted by molar-refractivity contribution is 6.04. The second kappa shape index (κ2) is 10.9. The van der Waals surface area contributed by atoms with Crippen LogP contribution in [0.5, 0.6) is 11.5 Å². The third-order valence-electron chi connectivity index (χ3n) is 6.49. The lowest BCUT2D eigenvalue weighted by Crippen LogP contribution is -2.34. The van der Waals surface area contributed by atoms with Gasteiger partial charge < -0.3 is 28.7 Å².